The first-order chi connectivity index (χ1) is 16.2. The highest BCUT2D eigenvalue weighted by atomic mass is 35.5. The van der Waals surface area contributed by atoms with Crippen LogP contribution in [0.1, 0.15) is 10.6 Å². The minimum absolute atomic E-state index is 0.0135. The number of thiazole rings is 1. The van der Waals surface area contributed by atoms with Gasteiger partial charge >= 0.3 is 0 Å². The van der Waals surface area contributed by atoms with Gasteiger partial charge in [0.25, 0.3) is 0 Å². The Balaban J connectivity index is 1.34. The molecule has 33 heavy (non-hydrogen) atoms. The van der Waals surface area contributed by atoms with E-state index in [4.69, 9.17) is 21.1 Å². The Kier molecular flexibility index (Phi) is 6.34. The normalized spacial score (nSPS) is 15.3. The van der Waals surface area contributed by atoms with E-state index >= 15 is 0 Å². The zero-order valence-corrected chi connectivity index (χ0v) is 19.0. The van der Waals surface area contributed by atoms with Gasteiger partial charge in [-0.1, -0.05) is 17.7 Å². The summed E-state index contributed by atoms with van der Waals surface area (Å²) in [4.78, 5) is 17.4. The minimum Gasteiger partial charge on any atom is -0.485 e. The Morgan fingerprint density at radius 1 is 1.18 bits per heavy atom. The molecule has 10 heteroatoms. The largest absolute Gasteiger partial charge is 0.485 e. The molecule has 0 bridgehead atoms. The first kappa shape index (κ1) is 21.6. The fourth-order valence-corrected chi connectivity index (χ4v) is 4.21. The van der Waals surface area contributed by atoms with Crippen LogP contribution in [-0.2, 0) is 17.8 Å². The Labute approximate surface area is 198 Å². The van der Waals surface area contributed by atoms with Gasteiger partial charge in [-0.2, -0.15) is 0 Å². The van der Waals surface area contributed by atoms with Crippen LogP contribution in [0.5, 0.6) is 5.75 Å². The number of halogens is 1. The summed E-state index contributed by atoms with van der Waals surface area (Å²) in [6.45, 7) is 0.775. The van der Waals surface area contributed by atoms with Gasteiger partial charge in [-0.05, 0) is 35.9 Å². The molecule has 0 saturated heterocycles. The van der Waals surface area contributed by atoms with Crippen molar-refractivity contribution < 1.29 is 14.6 Å². The summed E-state index contributed by atoms with van der Waals surface area (Å²) in [5, 5.41) is 16.7. The monoisotopic (exact) mass is 481 g/mol. The minimum atomic E-state index is -0.181. The maximum atomic E-state index is 9.25. The van der Waals surface area contributed by atoms with Crippen molar-refractivity contribution in [2.75, 3.05) is 18.5 Å². The van der Waals surface area contributed by atoms with E-state index < -0.39 is 0 Å². The van der Waals surface area contributed by atoms with Crippen molar-refractivity contribution in [3.8, 4) is 5.75 Å². The molecule has 0 radical (unpaired) electrons. The molecule has 0 fully saturated rings. The second-order valence-electron chi connectivity index (χ2n) is 7.41. The summed E-state index contributed by atoms with van der Waals surface area (Å²) >= 11 is 7.97. The summed E-state index contributed by atoms with van der Waals surface area (Å²) in [7, 11) is 0. The number of nitrogens with one attached hydrogen (secondary N) is 1. The molecular formula is C23H20ClN5O3S. The Hall–Kier alpha value is -3.27. The molecule has 0 saturated carbocycles. The number of aliphatic imine (C=N–C) groups is 1. The lowest BCUT2D eigenvalue weighted by atomic mass is 10.1. The van der Waals surface area contributed by atoms with Crippen LogP contribution in [-0.4, -0.2) is 45.2 Å². The summed E-state index contributed by atoms with van der Waals surface area (Å²) in [5.74, 6) is 1.88. The van der Waals surface area contributed by atoms with Crippen molar-refractivity contribution >= 4 is 51.2 Å². The van der Waals surface area contributed by atoms with E-state index in [1.165, 1.54) is 17.7 Å². The molecule has 168 valence electrons. The fourth-order valence-electron chi connectivity index (χ4n) is 3.44. The number of ether oxygens (including phenoxy) is 2. The number of rotatable bonds is 8. The highest BCUT2D eigenvalue weighted by molar-refractivity contribution is 7.09. The number of anilines is 2. The average molecular weight is 482 g/mol. The zero-order valence-electron chi connectivity index (χ0n) is 17.4. The molecular weight excluding hydrogens is 462 g/mol. The van der Waals surface area contributed by atoms with Crippen molar-refractivity contribution in [1.82, 2.24) is 15.0 Å². The van der Waals surface area contributed by atoms with Crippen LogP contribution in [0.3, 0.4) is 0 Å². The number of hydrogen-bond donors (Lipinski definition) is 2. The molecule has 1 atom stereocenters. The smallest absolute Gasteiger partial charge is 0.188 e. The van der Waals surface area contributed by atoms with Gasteiger partial charge in [0.1, 0.15) is 42.2 Å². The predicted octanol–water partition coefficient (Wildman–Crippen LogP) is 4.39. The van der Waals surface area contributed by atoms with E-state index in [-0.39, 0.29) is 12.6 Å². The Morgan fingerprint density at radius 3 is 2.91 bits per heavy atom. The third-order valence-electron chi connectivity index (χ3n) is 5.06. The lowest BCUT2D eigenvalue weighted by Gasteiger charge is -2.12. The summed E-state index contributed by atoms with van der Waals surface area (Å²) in [6.07, 6.45) is 3.81. The van der Waals surface area contributed by atoms with Crippen molar-refractivity contribution in [3.63, 3.8) is 0 Å². The van der Waals surface area contributed by atoms with Gasteiger partial charge in [-0.25, -0.2) is 19.9 Å². The fraction of sp³-hybridized carbons (Fsp3) is 0.217. The molecule has 2 N–H and O–H groups in total. The number of nitrogens with zero attached hydrogens (tertiary/aromatic N) is 4. The quantitative estimate of drug-likeness (QED) is 0.384. The zero-order chi connectivity index (χ0) is 22.6. The first-order valence-corrected chi connectivity index (χ1v) is 11.6. The second kappa shape index (κ2) is 9.70. The SMILES string of the molecule is OCC1COC(Cc2ccc3ncnc(Nc4ccc(OCc5nccs5)c(Cl)c4)c3c2)=N1. The maximum Gasteiger partial charge on any atom is 0.188 e. The summed E-state index contributed by atoms with van der Waals surface area (Å²) in [5.41, 5.74) is 2.61. The van der Waals surface area contributed by atoms with Crippen LogP contribution in [0.15, 0.2) is 59.3 Å². The standard InChI is InChI=1S/C23H20ClN5O3S/c24-18-9-15(2-4-20(18)31-12-22-25-5-6-33-22)29-23-17-7-14(1-3-19(17)26-13-27-23)8-21-28-16(10-30)11-32-21/h1-7,9,13,16,30H,8,10-12H2,(H,26,27,29). The van der Waals surface area contributed by atoms with E-state index in [0.717, 1.165) is 27.2 Å². The topological polar surface area (TPSA) is 102 Å². The number of benzene rings is 2. The molecule has 8 nitrogen and oxygen atoms in total. The maximum absolute atomic E-state index is 9.25. The van der Waals surface area contributed by atoms with Crippen molar-refractivity contribution in [3.05, 3.63) is 69.9 Å². The van der Waals surface area contributed by atoms with Crippen LogP contribution in [0.4, 0.5) is 11.5 Å². The van der Waals surface area contributed by atoms with Crippen LogP contribution < -0.4 is 10.1 Å². The highest BCUT2D eigenvalue weighted by Crippen LogP contribution is 2.31. The lowest BCUT2D eigenvalue weighted by Crippen LogP contribution is -2.10. The molecule has 1 aliphatic heterocycles. The van der Waals surface area contributed by atoms with Crippen LogP contribution >= 0.6 is 22.9 Å². The molecule has 3 heterocycles. The number of fused-ring (bicyclic) bond motifs is 1. The molecule has 0 spiro atoms. The number of hydrogen-bond acceptors (Lipinski definition) is 9. The summed E-state index contributed by atoms with van der Waals surface area (Å²) < 4.78 is 11.4. The third-order valence-corrected chi connectivity index (χ3v) is 6.11. The molecule has 2 aromatic carbocycles. The van der Waals surface area contributed by atoms with E-state index in [2.05, 4.69) is 25.3 Å². The molecule has 0 amide bonds. The number of aliphatic hydroxyl groups is 1. The van der Waals surface area contributed by atoms with Gasteiger partial charge in [-0.3, -0.25) is 0 Å². The van der Waals surface area contributed by atoms with E-state index in [1.807, 2.05) is 35.7 Å². The Morgan fingerprint density at radius 2 is 2.12 bits per heavy atom. The Bertz CT molecular complexity index is 1300. The molecule has 5 rings (SSSR count). The van der Waals surface area contributed by atoms with Gasteiger partial charge < -0.3 is 19.9 Å². The van der Waals surface area contributed by atoms with Crippen molar-refractivity contribution in [1.29, 1.82) is 0 Å². The third kappa shape index (κ3) is 5.05. The van der Waals surface area contributed by atoms with Gasteiger partial charge in [-0.15, -0.1) is 11.3 Å². The van der Waals surface area contributed by atoms with E-state index in [1.54, 1.807) is 12.3 Å². The highest BCUT2D eigenvalue weighted by Gasteiger charge is 2.18. The van der Waals surface area contributed by atoms with Gasteiger partial charge in [0, 0.05) is 29.1 Å². The second-order valence-corrected chi connectivity index (χ2v) is 8.79. The van der Waals surface area contributed by atoms with Crippen molar-refractivity contribution in [2.45, 2.75) is 19.1 Å². The van der Waals surface area contributed by atoms with Crippen LogP contribution in [0.2, 0.25) is 5.02 Å². The average Bonchev–Trinajstić information content (AvgIpc) is 3.51. The van der Waals surface area contributed by atoms with E-state index in [9.17, 15) is 5.11 Å². The molecule has 1 aliphatic rings. The molecule has 4 aromatic rings. The predicted molar refractivity (Wildman–Crippen MR) is 129 cm³/mol. The summed E-state index contributed by atoms with van der Waals surface area (Å²) in [6, 6.07) is 11.3. The van der Waals surface area contributed by atoms with Crippen LogP contribution in [0, 0.1) is 0 Å². The lowest BCUT2D eigenvalue weighted by molar-refractivity contribution is 0.226. The number of aliphatic hydroxyl groups excluding tert-OH is 1. The molecule has 1 unspecified atom stereocenters. The molecule has 2 aromatic heterocycles. The number of aromatic nitrogens is 3. The van der Waals surface area contributed by atoms with Crippen molar-refractivity contribution in [2.24, 2.45) is 4.99 Å². The van der Waals surface area contributed by atoms with Gasteiger partial charge in [0.2, 0.25) is 0 Å². The molecule has 0 aliphatic carbocycles. The first-order valence-electron chi connectivity index (χ1n) is 10.3. The van der Waals surface area contributed by atoms with Gasteiger partial charge in [0.05, 0.1) is 17.1 Å². The van der Waals surface area contributed by atoms with Gasteiger partial charge in [0.15, 0.2) is 5.90 Å². The van der Waals surface area contributed by atoms with E-state index in [0.29, 0.717) is 42.1 Å². The van der Waals surface area contributed by atoms with Crippen LogP contribution in [0.25, 0.3) is 10.9 Å².